The number of halogens is 1. The summed E-state index contributed by atoms with van der Waals surface area (Å²) in [5.74, 6) is -0.704. The molecule has 1 atom stereocenters. The van der Waals surface area contributed by atoms with Gasteiger partial charge in [0.1, 0.15) is 6.04 Å². The zero-order valence-corrected chi connectivity index (χ0v) is 12.2. The summed E-state index contributed by atoms with van der Waals surface area (Å²) in [6.45, 7) is 1.51. The van der Waals surface area contributed by atoms with Gasteiger partial charge in [0, 0.05) is 11.6 Å². The van der Waals surface area contributed by atoms with E-state index in [1.807, 2.05) is 0 Å². The maximum absolute atomic E-state index is 11.9. The van der Waals surface area contributed by atoms with Crippen LogP contribution in [0.25, 0.3) is 11.3 Å². The van der Waals surface area contributed by atoms with Gasteiger partial charge in [0.25, 0.3) is 5.91 Å². The smallest absolute Gasteiger partial charge is 0.328 e. The minimum atomic E-state index is -0.775. The van der Waals surface area contributed by atoms with Crippen LogP contribution < -0.4 is 5.32 Å². The average molecular weight is 309 g/mol. The number of ether oxygens (including phenoxy) is 1. The molecule has 1 N–H and O–H groups in total. The number of nitrogens with zero attached hydrogens (tertiary/aromatic N) is 1. The number of benzene rings is 1. The van der Waals surface area contributed by atoms with Gasteiger partial charge in [-0.15, -0.1) is 0 Å². The number of methoxy groups -OCH3 is 1. The van der Waals surface area contributed by atoms with Gasteiger partial charge in [0.15, 0.2) is 11.5 Å². The number of amides is 1. The van der Waals surface area contributed by atoms with E-state index in [9.17, 15) is 9.59 Å². The predicted molar refractivity (Wildman–Crippen MR) is 75.9 cm³/mol. The third-order valence-electron chi connectivity index (χ3n) is 2.78. The topological polar surface area (TPSA) is 81.4 Å². The van der Waals surface area contributed by atoms with Gasteiger partial charge in [-0.1, -0.05) is 28.9 Å². The summed E-state index contributed by atoms with van der Waals surface area (Å²) >= 11 is 6.04. The Balaban J connectivity index is 2.15. The Morgan fingerprint density at radius 1 is 1.38 bits per heavy atom. The first-order valence-electron chi connectivity index (χ1n) is 6.13. The summed E-state index contributed by atoms with van der Waals surface area (Å²) in [5, 5.41) is 6.62. The lowest BCUT2D eigenvalue weighted by Crippen LogP contribution is -2.39. The van der Waals surface area contributed by atoms with E-state index in [-0.39, 0.29) is 5.69 Å². The van der Waals surface area contributed by atoms with Crippen LogP contribution in [0, 0.1) is 0 Å². The molecule has 0 aliphatic heterocycles. The summed E-state index contributed by atoms with van der Waals surface area (Å²) in [6.07, 6.45) is 0. The molecule has 7 heteroatoms. The van der Waals surface area contributed by atoms with Gasteiger partial charge in [-0.05, 0) is 19.1 Å². The monoisotopic (exact) mass is 308 g/mol. The zero-order chi connectivity index (χ0) is 15.4. The highest BCUT2D eigenvalue weighted by atomic mass is 35.5. The largest absolute Gasteiger partial charge is 0.467 e. The van der Waals surface area contributed by atoms with E-state index in [4.69, 9.17) is 16.1 Å². The molecule has 0 fully saturated rings. The van der Waals surface area contributed by atoms with E-state index >= 15 is 0 Å². The van der Waals surface area contributed by atoms with Crippen molar-refractivity contribution in [3.8, 4) is 11.3 Å². The van der Waals surface area contributed by atoms with Crippen molar-refractivity contribution in [3.63, 3.8) is 0 Å². The van der Waals surface area contributed by atoms with Crippen LogP contribution in [0.1, 0.15) is 17.4 Å². The highest BCUT2D eigenvalue weighted by Gasteiger charge is 2.20. The van der Waals surface area contributed by atoms with E-state index in [2.05, 4.69) is 15.2 Å². The van der Waals surface area contributed by atoms with Crippen molar-refractivity contribution in [3.05, 3.63) is 41.0 Å². The molecule has 21 heavy (non-hydrogen) atoms. The summed E-state index contributed by atoms with van der Waals surface area (Å²) in [4.78, 5) is 23.2. The lowest BCUT2D eigenvalue weighted by molar-refractivity contribution is -0.142. The Bertz CT molecular complexity index is 668. The van der Waals surface area contributed by atoms with Gasteiger partial charge in [-0.3, -0.25) is 4.79 Å². The van der Waals surface area contributed by atoms with Crippen LogP contribution in [-0.2, 0) is 9.53 Å². The molecule has 1 aromatic carbocycles. The van der Waals surface area contributed by atoms with E-state index < -0.39 is 17.9 Å². The van der Waals surface area contributed by atoms with E-state index in [0.717, 1.165) is 0 Å². The Morgan fingerprint density at radius 3 is 2.76 bits per heavy atom. The number of hydrogen-bond donors (Lipinski definition) is 1. The van der Waals surface area contributed by atoms with Crippen molar-refractivity contribution < 1.29 is 18.8 Å². The van der Waals surface area contributed by atoms with Crippen molar-refractivity contribution in [2.24, 2.45) is 0 Å². The molecule has 1 heterocycles. The number of aromatic nitrogens is 1. The number of rotatable bonds is 4. The van der Waals surface area contributed by atoms with Crippen LogP contribution in [0.2, 0.25) is 5.02 Å². The number of nitrogens with one attached hydrogen (secondary N) is 1. The molecule has 1 aromatic heterocycles. The van der Waals surface area contributed by atoms with Gasteiger partial charge in [-0.2, -0.15) is 0 Å². The van der Waals surface area contributed by atoms with Crippen LogP contribution >= 0.6 is 11.6 Å². The molecule has 2 aromatic rings. The van der Waals surface area contributed by atoms with Gasteiger partial charge < -0.3 is 14.6 Å². The van der Waals surface area contributed by atoms with Crippen molar-refractivity contribution >= 4 is 23.5 Å². The standard InChI is InChI=1S/C14H13ClN2O4/c1-8(14(19)20-2)16-13(18)11-7-12(21-17-11)9-5-3-4-6-10(9)15/h3-8H,1-2H3,(H,16,18)/t8-/m0/s1. The fourth-order valence-corrected chi connectivity index (χ4v) is 1.91. The highest BCUT2D eigenvalue weighted by Crippen LogP contribution is 2.27. The number of carbonyl (C=O) groups excluding carboxylic acids is 2. The Labute approximate surface area is 126 Å². The molecule has 0 bridgehead atoms. The normalized spacial score (nSPS) is 11.8. The summed E-state index contributed by atoms with van der Waals surface area (Å²) < 4.78 is 9.63. The second-order valence-corrected chi connectivity index (χ2v) is 4.68. The molecule has 2 rings (SSSR count). The summed E-state index contributed by atoms with van der Waals surface area (Å²) in [5.41, 5.74) is 0.687. The predicted octanol–water partition coefficient (Wildman–Crippen LogP) is 2.29. The van der Waals surface area contributed by atoms with Gasteiger partial charge in [0.2, 0.25) is 0 Å². The minimum absolute atomic E-state index is 0.0562. The van der Waals surface area contributed by atoms with Crippen LogP contribution in [0.5, 0.6) is 0 Å². The quantitative estimate of drug-likeness (QED) is 0.876. The van der Waals surface area contributed by atoms with Gasteiger partial charge in [0.05, 0.1) is 12.1 Å². The lowest BCUT2D eigenvalue weighted by Gasteiger charge is -2.09. The number of hydrogen-bond acceptors (Lipinski definition) is 5. The Morgan fingerprint density at radius 2 is 2.10 bits per heavy atom. The first kappa shape index (κ1) is 15.1. The number of esters is 1. The van der Waals surface area contributed by atoms with Gasteiger partial charge in [-0.25, -0.2) is 4.79 Å². The fourth-order valence-electron chi connectivity index (χ4n) is 1.68. The first-order valence-corrected chi connectivity index (χ1v) is 6.51. The van der Waals surface area contributed by atoms with Crippen LogP contribution in [0.15, 0.2) is 34.9 Å². The maximum Gasteiger partial charge on any atom is 0.328 e. The molecular weight excluding hydrogens is 296 g/mol. The molecule has 6 nitrogen and oxygen atoms in total. The third kappa shape index (κ3) is 3.41. The zero-order valence-electron chi connectivity index (χ0n) is 11.4. The van der Waals surface area contributed by atoms with E-state index in [0.29, 0.717) is 16.3 Å². The van der Waals surface area contributed by atoms with Crippen LogP contribution in [0.4, 0.5) is 0 Å². The first-order chi connectivity index (χ1) is 10.0. The molecule has 1 amide bonds. The van der Waals surface area contributed by atoms with Crippen molar-refractivity contribution in [2.45, 2.75) is 13.0 Å². The second kappa shape index (κ2) is 6.41. The molecule has 0 aliphatic rings. The van der Waals surface area contributed by atoms with Gasteiger partial charge >= 0.3 is 5.97 Å². The fraction of sp³-hybridized carbons (Fsp3) is 0.214. The maximum atomic E-state index is 11.9. The Hall–Kier alpha value is -2.34. The average Bonchev–Trinajstić information content (AvgIpc) is 2.96. The second-order valence-electron chi connectivity index (χ2n) is 4.27. The molecule has 0 saturated carbocycles. The summed E-state index contributed by atoms with van der Waals surface area (Å²) in [6, 6.07) is 7.72. The van der Waals surface area contributed by atoms with Crippen LogP contribution in [0.3, 0.4) is 0 Å². The lowest BCUT2D eigenvalue weighted by atomic mass is 10.1. The molecule has 0 radical (unpaired) electrons. The van der Waals surface area contributed by atoms with Crippen molar-refractivity contribution in [1.82, 2.24) is 10.5 Å². The van der Waals surface area contributed by atoms with Crippen molar-refractivity contribution in [1.29, 1.82) is 0 Å². The highest BCUT2D eigenvalue weighted by molar-refractivity contribution is 6.33. The van der Waals surface area contributed by atoms with E-state index in [1.165, 1.54) is 20.1 Å². The Kier molecular flexibility index (Phi) is 4.59. The summed E-state index contributed by atoms with van der Waals surface area (Å²) in [7, 11) is 1.25. The van der Waals surface area contributed by atoms with E-state index in [1.54, 1.807) is 24.3 Å². The third-order valence-corrected chi connectivity index (χ3v) is 3.11. The van der Waals surface area contributed by atoms with Crippen molar-refractivity contribution in [2.75, 3.05) is 7.11 Å². The minimum Gasteiger partial charge on any atom is -0.467 e. The molecule has 0 spiro atoms. The van der Waals surface area contributed by atoms with Crippen LogP contribution in [-0.4, -0.2) is 30.2 Å². The number of carbonyl (C=O) groups is 2. The molecule has 0 unspecified atom stereocenters. The SMILES string of the molecule is COC(=O)[C@H](C)NC(=O)c1cc(-c2ccccc2Cl)on1. The molecule has 0 saturated heterocycles. The molecule has 110 valence electrons. The molecule has 0 aliphatic carbocycles. The molecular formula is C14H13ClN2O4.